The molecule has 12 heavy (non-hydrogen) atoms. The molecule has 0 radical (unpaired) electrons. The van der Waals surface area contributed by atoms with E-state index >= 15 is 0 Å². The van der Waals surface area contributed by atoms with Gasteiger partial charge >= 0.3 is 5.97 Å². The molecule has 0 aromatic rings. The predicted octanol–water partition coefficient (Wildman–Crippen LogP) is 2.93. The van der Waals surface area contributed by atoms with E-state index in [1.165, 1.54) is 12.5 Å². The van der Waals surface area contributed by atoms with Gasteiger partial charge in [0.1, 0.15) is 5.60 Å². The summed E-state index contributed by atoms with van der Waals surface area (Å²) in [5, 5.41) is 0. The van der Waals surface area contributed by atoms with Crippen molar-refractivity contribution in [2.75, 3.05) is 0 Å². The van der Waals surface area contributed by atoms with Crippen LogP contribution in [0.3, 0.4) is 0 Å². The smallest absolute Gasteiger partial charge is 0.303 e. The lowest BCUT2D eigenvalue weighted by Crippen LogP contribution is -2.21. The summed E-state index contributed by atoms with van der Waals surface area (Å²) in [6, 6.07) is 0. The Bertz CT molecular complexity index is 148. The SMILES string of the molecule is C=C(C)C.CC(=O)OC(C)(C)C. The van der Waals surface area contributed by atoms with E-state index in [-0.39, 0.29) is 11.6 Å². The summed E-state index contributed by atoms with van der Waals surface area (Å²) in [7, 11) is 0. The predicted molar refractivity (Wildman–Crippen MR) is 52.0 cm³/mol. The lowest BCUT2D eigenvalue weighted by atomic mass is 10.2. The topological polar surface area (TPSA) is 26.3 Å². The Hall–Kier alpha value is -0.790. The van der Waals surface area contributed by atoms with Crippen LogP contribution < -0.4 is 0 Å². The van der Waals surface area contributed by atoms with E-state index in [0.717, 1.165) is 0 Å². The number of hydrogen-bond acceptors (Lipinski definition) is 2. The molecular weight excluding hydrogens is 152 g/mol. The molecule has 0 heterocycles. The first-order valence-corrected chi connectivity index (χ1v) is 3.97. The van der Waals surface area contributed by atoms with Crippen molar-refractivity contribution in [2.24, 2.45) is 0 Å². The third-order valence-corrected chi connectivity index (χ3v) is 0.450. The average Bonchev–Trinajstić information content (AvgIpc) is 1.52. The van der Waals surface area contributed by atoms with Gasteiger partial charge in [-0.2, -0.15) is 0 Å². The Balaban J connectivity index is 0. The maximum atomic E-state index is 10.2. The number of allylic oxidation sites excluding steroid dienone is 1. The molecule has 0 saturated carbocycles. The zero-order valence-corrected chi connectivity index (χ0v) is 9.02. The molecule has 0 saturated heterocycles. The van der Waals surface area contributed by atoms with Gasteiger partial charge in [-0.05, 0) is 34.6 Å². The fourth-order valence-electron chi connectivity index (χ4n) is 0.431. The van der Waals surface area contributed by atoms with Crippen LogP contribution in [0.15, 0.2) is 12.2 Å². The van der Waals surface area contributed by atoms with Crippen molar-refractivity contribution in [3.63, 3.8) is 0 Å². The quantitative estimate of drug-likeness (QED) is 0.415. The van der Waals surface area contributed by atoms with E-state index < -0.39 is 0 Å². The van der Waals surface area contributed by atoms with Gasteiger partial charge in [0, 0.05) is 6.92 Å². The summed E-state index contributed by atoms with van der Waals surface area (Å²) >= 11 is 0. The van der Waals surface area contributed by atoms with Crippen molar-refractivity contribution in [3.8, 4) is 0 Å². The Labute approximate surface area is 75.6 Å². The highest BCUT2D eigenvalue weighted by atomic mass is 16.6. The fraction of sp³-hybridized carbons (Fsp3) is 0.700. The highest BCUT2D eigenvalue weighted by Gasteiger charge is 2.11. The summed E-state index contributed by atoms with van der Waals surface area (Å²) in [6.45, 7) is 14.4. The summed E-state index contributed by atoms with van der Waals surface area (Å²) < 4.78 is 4.80. The molecule has 0 aliphatic carbocycles. The molecular formula is C10H20O2. The molecule has 0 amide bonds. The second kappa shape index (κ2) is 5.81. The zero-order chi connectivity index (χ0) is 10.4. The highest BCUT2D eigenvalue weighted by Crippen LogP contribution is 2.05. The van der Waals surface area contributed by atoms with Gasteiger partial charge < -0.3 is 4.74 Å². The monoisotopic (exact) mass is 172 g/mol. The molecule has 72 valence electrons. The van der Waals surface area contributed by atoms with Crippen LogP contribution in [0.5, 0.6) is 0 Å². The number of hydrogen-bond donors (Lipinski definition) is 0. The molecule has 0 aromatic carbocycles. The fourth-order valence-corrected chi connectivity index (χ4v) is 0.431. The minimum Gasteiger partial charge on any atom is -0.460 e. The van der Waals surface area contributed by atoms with Crippen molar-refractivity contribution >= 4 is 5.97 Å². The molecule has 0 aliphatic rings. The van der Waals surface area contributed by atoms with E-state index in [2.05, 4.69) is 6.58 Å². The number of carbonyl (C=O) groups is 1. The van der Waals surface area contributed by atoms with Gasteiger partial charge in [0.05, 0.1) is 0 Å². The molecule has 0 rings (SSSR count). The van der Waals surface area contributed by atoms with Gasteiger partial charge in [-0.3, -0.25) is 4.79 Å². The summed E-state index contributed by atoms with van der Waals surface area (Å²) in [6.07, 6.45) is 0. The molecule has 0 aliphatic heterocycles. The van der Waals surface area contributed by atoms with Gasteiger partial charge in [0.25, 0.3) is 0 Å². The van der Waals surface area contributed by atoms with Crippen LogP contribution in [-0.2, 0) is 9.53 Å². The van der Waals surface area contributed by atoms with Crippen LogP contribution in [-0.4, -0.2) is 11.6 Å². The van der Waals surface area contributed by atoms with Crippen molar-refractivity contribution in [2.45, 2.75) is 47.1 Å². The number of rotatable bonds is 0. The van der Waals surface area contributed by atoms with E-state index in [9.17, 15) is 4.79 Å². The molecule has 0 fully saturated rings. The van der Waals surface area contributed by atoms with Crippen molar-refractivity contribution < 1.29 is 9.53 Å². The van der Waals surface area contributed by atoms with E-state index in [1.54, 1.807) is 0 Å². The first-order valence-electron chi connectivity index (χ1n) is 3.97. The maximum Gasteiger partial charge on any atom is 0.303 e. The Kier molecular flexibility index (Phi) is 6.67. The lowest BCUT2D eigenvalue weighted by molar-refractivity contribution is -0.151. The second-order valence-electron chi connectivity index (χ2n) is 3.91. The van der Waals surface area contributed by atoms with E-state index in [4.69, 9.17) is 4.74 Å². The molecule has 2 heteroatoms. The van der Waals surface area contributed by atoms with Crippen LogP contribution in [0.25, 0.3) is 0 Å². The van der Waals surface area contributed by atoms with Crippen LogP contribution in [0.2, 0.25) is 0 Å². The van der Waals surface area contributed by atoms with Gasteiger partial charge in [-0.25, -0.2) is 0 Å². The summed E-state index contributed by atoms with van der Waals surface area (Å²) in [5.41, 5.74) is 0.839. The summed E-state index contributed by atoms with van der Waals surface area (Å²) in [4.78, 5) is 10.2. The zero-order valence-electron chi connectivity index (χ0n) is 9.02. The van der Waals surface area contributed by atoms with E-state index in [1.807, 2.05) is 34.6 Å². The third-order valence-electron chi connectivity index (χ3n) is 0.450. The van der Waals surface area contributed by atoms with Gasteiger partial charge in [0.15, 0.2) is 0 Å². The molecule has 0 bridgehead atoms. The Morgan fingerprint density at radius 1 is 1.17 bits per heavy atom. The van der Waals surface area contributed by atoms with Crippen LogP contribution in [0, 0.1) is 0 Å². The molecule has 0 spiro atoms. The van der Waals surface area contributed by atoms with Crippen molar-refractivity contribution in [3.05, 3.63) is 12.2 Å². The van der Waals surface area contributed by atoms with Crippen LogP contribution in [0.1, 0.15) is 41.5 Å². The first kappa shape index (κ1) is 13.8. The maximum absolute atomic E-state index is 10.2. The molecule has 0 atom stereocenters. The highest BCUT2D eigenvalue weighted by molar-refractivity contribution is 5.66. The largest absolute Gasteiger partial charge is 0.460 e. The summed E-state index contributed by atoms with van der Waals surface area (Å²) in [5.74, 6) is -0.225. The minimum atomic E-state index is -0.328. The van der Waals surface area contributed by atoms with Crippen LogP contribution >= 0.6 is 0 Å². The standard InChI is InChI=1S/C6H12O2.C4H8/c1-5(7)8-6(2,3)4;1-4(2)3/h1-4H3;1H2,2-3H3. The Morgan fingerprint density at radius 2 is 1.42 bits per heavy atom. The van der Waals surface area contributed by atoms with Gasteiger partial charge in [-0.15, -0.1) is 6.58 Å². The number of esters is 1. The molecule has 0 aromatic heterocycles. The number of ether oxygens (including phenoxy) is 1. The van der Waals surface area contributed by atoms with Crippen molar-refractivity contribution in [1.82, 2.24) is 0 Å². The average molecular weight is 172 g/mol. The van der Waals surface area contributed by atoms with Gasteiger partial charge in [-0.1, -0.05) is 5.57 Å². The second-order valence-corrected chi connectivity index (χ2v) is 3.91. The molecule has 2 nitrogen and oxygen atoms in total. The normalized spacial score (nSPS) is 9.50. The molecule has 0 unspecified atom stereocenters. The van der Waals surface area contributed by atoms with E-state index in [0.29, 0.717) is 0 Å². The first-order chi connectivity index (χ1) is 5.15. The number of carbonyl (C=O) groups excluding carboxylic acids is 1. The van der Waals surface area contributed by atoms with Gasteiger partial charge in [0.2, 0.25) is 0 Å². The van der Waals surface area contributed by atoms with Crippen molar-refractivity contribution in [1.29, 1.82) is 0 Å². The minimum absolute atomic E-state index is 0.225. The third kappa shape index (κ3) is 35.0. The lowest BCUT2D eigenvalue weighted by Gasteiger charge is -2.17. The molecule has 0 N–H and O–H groups in total. The van der Waals surface area contributed by atoms with Crippen LogP contribution in [0.4, 0.5) is 0 Å². The Morgan fingerprint density at radius 3 is 1.42 bits per heavy atom.